The molecule has 0 aliphatic heterocycles. The number of aromatic nitrogens is 5. The zero-order valence-electron chi connectivity index (χ0n) is 15.2. The van der Waals surface area contributed by atoms with E-state index in [9.17, 15) is 4.79 Å². The Labute approximate surface area is 160 Å². The number of aryl methyl sites for hydroxylation is 2. The summed E-state index contributed by atoms with van der Waals surface area (Å²) in [4.78, 5) is 12.2. The molecule has 9 nitrogen and oxygen atoms in total. The molecular formula is C19H16N6O3. The van der Waals surface area contributed by atoms with Crippen molar-refractivity contribution in [3.8, 4) is 17.4 Å². The minimum absolute atomic E-state index is 0.289. The van der Waals surface area contributed by atoms with Gasteiger partial charge in [0.2, 0.25) is 5.88 Å². The van der Waals surface area contributed by atoms with Gasteiger partial charge in [-0.2, -0.15) is 5.10 Å². The van der Waals surface area contributed by atoms with Crippen molar-refractivity contribution in [3.63, 3.8) is 0 Å². The first-order chi connectivity index (χ1) is 13.6. The van der Waals surface area contributed by atoms with Gasteiger partial charge in [-0.1, -0.05) is 5.16 Å². The van der Waals surface area contributed by atoms with Crippen LogP contribution in [0.1, 0.15) is 21.8 Å². The molecule has 4 aromatic rings. The molecule has 140 valence electrons. The maximum atomic E-state index is 12.2. The summed E-state index contributed by atoms with van der Waals surface area (Å²) in [5, 5.41) is 18.8. The van der Waals surface area contributed by atoms with E-state index in [1.165, 1.54) is 6.20 Å². The molecule has 0 bridgehead atoms. The van der Waals surface area contributed by atoms with Gasteiger partial charge in [0.25, 0.3) is 5.91 Å². The number of nitrogens with zero attached hydrogens (tertiary/aromatic N) is 5. The fourth-order valence-corrected chi connectivity index (χ4v) is 2.47. The van der Waals surface area contributed by atoms with Gasteiger partial charge in [0.05, 0.1) is 11.9 Å². The Bertz CT molecular complexity index is 1100. The molecule has 1 N–H and O–H groups in total. The van der Waals surface area contributed by atoms with Gasteiger partial charge < -0.3 is 14.6 Å². The van der Waals surface area contributed by atoms with Crippen LogP contribution in [0.4, 0.5) is 5.69 Å². The van der Waals surface area contributed by atoms with Crippen LogP contribution in [-0.4, -0.2) is 31.0 Å². The number of hydrogen-bond donors (Lipinski definition) is 1. The lowest BCUT2D eigenvalue weighted by Gasteiger charge is -2.07. The molecule has 0 aliphatic rings. The van der Waals surface area contributed by atoms with Crippen LogP contribution >= 0.6 is 0 Å². The molecule has 0 radical (unpaired) electrons. The Balaban J connectivity index is 1.40. The van der Waals surface area contributed by atoms with Crippen LogP contribution in [0, 0.1) is 13.8 Å². The number of anilines is 1. The minimum atomic E-state index is -0.289. The van der Waals surface area contributed by atoms with Crippen molar-refractivity contribution in [2.75, 3.05) is 5.32 Å². The van der Waals surface area contributed by atoms with Crippen LogP contribution in [0.2, 0.25) is 0 Å². The highest BCUT2D eigenvalue weighted by Gasteiger charge is 2.13. The van der Waals surface area contributed by atoms with Gasteiger partial charge in [-0.15, -0.1) is 10.2 Å². The second kappa shape index (κ2) is 7.31. The van der Waals surface area contributed by atoms with Crippen LogP contribution in [0.5, 0.6) is 11.6 Å². The molecule has 0 unspecified atom stereocenters. The SMILES string of the molecule is Cc1ccn(-c2ccc(Oc3ccc(NC(=O)c4cnoc4C)cc3)nn2)n1. The fraction of sp³-hybridized carbons (Fsp3) is 0.105. The average Bonchev–Trinajstić information content (AvgIpc) is 3.32. The lowest BCUT2D eigenvalue weighted by atomic mass is 10.2. The summed E-state index contributed by atoms with van der Waals surface area (Å²) in [6.45, 7) is 3.58. The van der Waals surface area contributed by atoms with Gasteiger partial charge in [-0.05, 0) is 50.2 Å². The summed E-state index contributed by atoms with van der Waals surface area (Å²) in [7, 11) is 0. The lowest BCUT2D eigenvalue weighted by molar-refractivity contribution is 0.102. The van der Waals surface area contributed by atoms with Gasteiger partial charge in [0, 0.05) is 18.0 Å². The van der Waals surface area contributed by atoms with Gasteiger partial charge >= 0.3 is 0 Å². The van der Waals surface area contributed by atoms with Crippen molar-refractivity contribution >= 4 is 11.6 Å². The molecule has 4 rings (SSSR count). The zero-order valence-corrected chi connectivity index (χ0v) is 15.2. The molecule has 1 amide bonds. The topological polar surface area (TPSA) is 108 Å². The summed E-state index contributed by atoms with van der Waals surface area (Å²) in [5.41, 5.74) is 1.91. The van der Waals surface area contributed by atoms with Crippen LogP contribution in [0.25, 0.3) is 5.82 Å². The van der Waals surface area contributed by atoms with E-state index in [4.69, 9.17) is 9.26 Å². The first-order valence-electron chi connectivity index (χ1n) is 8.45. The van der Waals surface area contributed by atoms with Crippen LogP contribution in [0.3, 0.4) is 0 Å². The van der Waals surface area contributed by atoms with Crippen LogP contribution < -0.4 is 10.1 Å². The van der Waals surface area contributed by atoms with Crippen molar-refractivity contribution in [1.29, 1.82) is 0 Å². The third kappa shape index (κ3) is 3.73. The molecule has 28 heavy (non-hydrogen) atoms. The molecule has 0 fully saturated rings. The van der Waals surface area contributed by atoms with Crippen LogP contribution in [0.15, 0.2) is 59.4 Å². The predicted molar refractivity (Wildman–Crippen MR) is 99.6 cm³/mol. The van der Waals surface area contributed by atoms with E-state index in [0.717, 1.165) is 5.69 Å². The van der Waals surface area contributed by atoms with E-state index in [0.29, 0.717) is 34.5 Å². The molecule has 9 heteroatoms. The standard InChI is InChI=1S/C19H16N6O3/c1-12-9-10-25(24-12)17-7-8-18(23-22-17)27-15-5-3-14(4-6-15)21-19(26)16-11-20-28-13(16)2/h3-11H,1-2H3,(H,21,26). The summed E-state index contributed by atoms with van der Waals surface area (Å²) >= 11 is 0. The predicted octanol–water partition coefficient (Wildman–Crippen LogP) is 3.31. The van der Waals surface area contributed by atoms with Crippen molar-refractivity contribution < 1.29 is 14.1 Å². The highest BCUT2D eigenvalue weighted by atomic mass is 16.5. The molecule has 0 saturated carbocycles. The second-order valence-corrected chi connectivity index (χ2v) is 6.01. The van der Waals surface area contributed by atoms with E-state index < -0.39 is 0 Å². The van der Waals surface area contributed by atoms with Crippen molar-refractivity contribution in [3.05, 3.63) is 71.9 Å². The van der Waals surface area contributed by atoms with E-state index in [-0.39, 0.29) is 5.91 Å². The molecule has 0 aliphatic carbocycles. The number of benzene rings is 1. The summed E-state index contributed by atoms with van der Waals surface area (Å²) < 4.78 is 12.2. The number of amides is 1. The molecule has 3 aromatic heterocycles. The normalized spacial score (nSPS) is 10.6. The Morgan fingerprint density at radius 2 is 1.89 bits per heavy atom. The molecule has 0 atom stereocenters. The number of carbonyl (C=O) groups excluding carboxylic acids is 1. The second-order valence-electron chi connectivity index (χ2n) is 6.01. The van der Waals surface area contributed by atoms with Gasteiger partial charge in [0.1, 0.15) is 17.1 Å². The Morgan fingerprint density at radius 3 is 2.50 bits per heavy atom. The Morgan fingerprint density at radius 1 is 1.07 bits per heavy atom. The third-order valence-electron chi connectivity index (χ3n) is 3.91. The largest absolute Gasteiger partial charge is 0.438 e. The van der Waals surface area contributed by atoms with Gasteiger partial charge in [-0.25, -0.2) is 4.68 Å². The molecular weight excluding hydrogens is 360 g/mol. The van der Waals surface area contributed by atoms with E-state index in [1.54, 1.807) is 48.0 Å². The summed E-state index contributed by atoms with van der Waals surface area (Å²) in [6.07, 6.45) is 3.20. The van der Waals surface area contributed by atoms with E-state index in [2.05, 4.69) is 25.8 Å². The van der Waals surface area contributed by atoms with Gasteiger partial charge in [0.15, 0.2) is 5.82 Å². The molecule has 3 heterocycles. The fourth-order valence-electron chi connectivity index (χ4n) is 2.47. The third-order valence-corrected chi connectivity index (χ3v) is 3.91. The number of hydrogen-bond acceptors (Lipinski definition) is 7. The number of ether oxygens (including phenoxy) is 1. The average molecular weight is 376 g/mol. The van der Waals surface area contributed by atoms with Crippen molar-refractivity contribution in [2.24, 2.45) is 0 Å². The van der Waals surface area contributed by atoms with E-state index >= 15 is 0 Å². The maximum Gasteiger partial charge on any atom is 0.260 e. The summed E-state index contributed by atoms with van der Waals surface area (Å²) in [6, 6.07) is 12.3. The van der Waals surface area contributed by atoms with Gasteiger partial charge in [-0.3, -0.25) is 4.79 Å². The molecule has 0 spiro atoms. The number of nitrogens with one attached hydrogen (secondary N) is 1. The molecule has 1 aromatic carbocycles. The Hall–Kier alpha value is -4.01. The first-order valence-corrected chi connectivity index (χ1v) is 8.45. The summed E-state index contributed by atoms with van der Waals surface area (Å²) in [5.74, 6) is 1.69. The highest BCUT2D eigenvalue weighted by molar-refractivity contribution is 6.04. The molecule has 0 saturated heterocycles. The maximum absolute atomic E-state index is 12.2. The highest BCUT2D eigenvalue weighted by Crippen LogP contribution is 2.22. The monoisotopic (exact) mass is 376 g/mol. The Kier molecular flexibility index (Phi) is 4.55. The minimum Gasteiger partial charge on any atom is -0.438 e. The van der Waals surface area contributed by atoms with Crippen molar-refractivity contribution in [2.45, 2.75) is 13.8 Å². The first kappa shape index (κ1) is 17.4. The quantitative estimate of drug-likeness (QED) is 0.569. The zero-order chi connectivity index (χ0) is 19.5. The lowest BCUT2D eigenvalue weighted by Crippen LogP contribution is -2.11. The van der Waals surface area contributed by atoms with E-state index in [1.807, 2.05) is 19.2 Å². The van der Waals surface area contributed by atoms with Crippen molar-refractivity contribution in [1.82, 2.24) is 25.1 Å². The van der Waals surface area contributed by atoms with Crippen LogP contribution in [-0.2, 0) is 0 Å². The smallest absolute Gasteiger partial charge is 0.260 e. The number of rotatable bonds is 5. The number of carbonyl (C=O) groups is 1.